The van der Waals surface area contributed by atoms with E-state index < -0.39 is 18.0 Å². The van der Waals surface area contributed by atoms with E-state index in [-0.39, 0.29) is 18.2 Å². The highest BCUT2D eigenvalue weighted by atomic mass is 16.5. The number of anilines is 1. The molecule has 2 heterocycles. The number of rotatable bonds is 4. The molecule has 2 N–H and O–H groups in total. The molecule has 1 aromatic carbocycles. The van der Waals surface area contributed by atoms with Crippen LogP contribution in [0.3, 0.4) is 0 Å². The second-order valence-electron chi connectivity index (χ2n) is 6.03. The average molecular weight is 345 g/mol. The van der Waals surface area contributed by atoms with Crippen molar-refractivity contribution < 1.29 is 23.9 Å². The second kappa shape index (κ2) is 6.92. The average Bonchev–Trinajstić information content (AvgIpc) is 2.89. The molecule has 8 nitrogen and oxygen atoms in total. The smallest absolute Gasteiger partial charge is 0.411 e. The fourth-order valence-electron chi connectivity index (χ4n) is 2.98. The molecule has 0 bridgehead atoms. The number of carbonyl (C=O) groups excluding carboxylic acids is 4. The van der Waals surface area contributed by atoms with Crippen LogP contribution in [-0.2, 0) is 20.9 Å². The quantitative estimate of drug-likeness (QED) is 0.803. The van der Waals surface area contributed by atoms with Gasteiger partial charge in [0.15, 0.2) is 0 Å². The Kier molecular flexibility index (Phi) is 4.69. The van der Waals surface area contributed by atoms with Gasteiger partial charge in [0.1, 0.15) is 6.04 Å². The predicted molar refractivity (Wildman–Crippen MR) is 87.7 cm³/mol. The molecule has 0 spiro atoms. The van der Waals surface area contributed by atoms with E-state index in [0.717, 1.165) is 12.0 Å². The van der Waals surface area contributed by atoms with Crippen molar-refractivity contribution in [3.63, 3.8) is 0 Å². The highest BCUT2D eigenvalue weighted by molar-refractivity contribution is 6.06. The van der Waals surface area contributed by atoms with Crippen LogP contribution in [0.4, 0.5) is 10.5 Å². The van der Waals surface area contributed by atoms with Crippen LogP contribution in [0.2, 0.25) is 0 Å². The lowest BCUT2D eigenvalue weighted by atomic mass is 10.0. The molecule has 0 radical (unpaired) electrons. The third-order valence-corrected chi connectivity index (χ3v) is 4.21. The number of hydrogen-bond donors (Lipinski definition) is 2. The van der Waals surface area contributed by atoms with Crippen molar-refractivity contribution >= 4 is 29.5 Å². The van der Waals surface area contributed by atoms with E-state index in [1.165, 1.54) is 4.90 Å². The first-order chi connectivity index (χ1) is 12.0. The molecule has 1 saturated heterocycles. The predicted octanol–water partition coefficient (Wildman–Crippen LogP) is 1.41. The second-order valence-corrected chi connectivity index (χ2v) is 6.03. The molecule has 2 aliphatic rings. The lowest BCUT2D eigenvalue weighted by Gasteiger charge is -2.29. The zero-order valence-electron chi connectivity index (χ0n) is 13.8. The number of hydrogen-bond acceptors (Lipinski definition) is 5. The third kappa shape index (κ3) is 3.47. The first-order valence-corrected chi connectivity index (χ1v) is 8.21. The number of imide groups is 1. The molecule has 1 atom stereocenters. The Labute approximate surface area is 144 Å². The number of piperidine rings is 1. The van der Waals surface area contributed by atoms with Crippen LogP contribution in [-0.4, -0.2) is 41.4 Å². The molecule has 0 saturated carbocycles. The van der Waals surface area contributed by atoms with Gasteiger partial charge in [0.25, 0.3) is 5.91 Å². The molecule has 0 aliphatic carbocycles. The number of carbonyl (C=O) groups is 4. The van der Waals surface area contributed by atoms with Gasteiger partial charge >= 0.3 is 6.09 Å². The SMILES string of the molecule is CCCOC(=O)Nc1ccc2c(c1)C(=O)N(C1CCC(=O)NC1=O)C2. The summed E-state index contributed by atoms with van der Waals surface area (Å²) in [4.78, 5) is 49.0. The van der Waals surface area contributed by atoms with Gasteiger partial charge in [-0.25, -0.2) is 4.79 Å². The number of benzene rings is 1. The van der Waals surface area contributed by atoms with E-state index in [4.69, 9.17) is 4.74 Å². The molecule has 25 heavy (non-hydrogen) atoms. The number of ether oxygens (including phenoxy) is 1. The minimum atomic E-state index is -0.650. The minimum Gasteiger partial charge on any atom is -0.449 e. The first kappa shape index (κ1) is 16.9. The van der Waals surface area contributed by atoms with Crippen molar-refractivity contribution in [3.05, 3.63) is 29.3 Å². The van der Waals surface area contributed by atoms with Crippen LogP contribution in [0, 0.1) is 0 Å². The van der Waals surface area contributed by atoms with Crippen molar-refractivity contribution in [2.45, 2.75) is 38.8 Å². The van der Waals surface area contributed by atoms with E-state index >= 15 is 0 Å². The molecular formula is C17H19N3O5. The summed E-state index contributed by atoms with van der Waals surface area (Å²) in [6.07, 6.45) is 0.678. The third-order valence-electron chi connectivity index (χ3n) is 4.21. The largest absolute Gasteiger partial charge is 0.449 e. The summed E-state index contributed by atoms with van der Waals surface area (Å²) in [7, 11) is 0. The Bertz CT molecular complexity index is 746. The van der Waals surface area contributed by atoms with Gasteiger partial charge in [-0.2, -0.15) is 0 Å². The lowest BCUT2D eigenvalue weighted by molar-refractivity contribution is -0.136. The Balaban J connectivity index is 1.72. The molecule has 2 aliphatic heterocycles. The Morgan fingerprint density at radius 3 is 2.88 bits per heavy atom. The van der Waals surface area contributed by atoms with Crippen molar-refractivity contribution in [1.82, 2.24) is 10.2 Å². The maximum absolute atomic E-state index is 12.7. The summed E-state index contributed by atoms with van der Waals surface area (Å²) in [5.41, 5.74) is 1.68. The van der Waals surface area contributed by atoms with Crippen LogP contribution >= 0.6 is 0 Å². The van der Waals surface area contributed by atoms with E-state index in [9.17, 15) is 19.2 Å². The molecule has 132 valence electrons. The Morgan fingerprint density at radius 2 is 2.16 bits per heavy atom. The summed E-state index contributed by atoms with van der Waals surface area (Å²) in [6, 6.07) is 4.36. The van der Waals surface area contributed by atoms with Gasteiger partial charge in [-0.15, -0.1) is 0 Å². The number of nitrogens with zero attached hydrogens (tertiary/aromatic N) is 1. The summed E-state index contributed by atoms with van der Waals surface area (Å²) >= 11 is 0. The highest BCUT2D eigenvalue weighted by Crippen LogP contribution is 2.29. The lowest BCUT2D eigenvalue weighted by Crippen LogP contribution is -2.52. The number of amides is 4. The first-order valence-electron chi connectivity index (χ1n) is 8.21. The normalized spacial score (nSPS) is 19.5. The maximum atomic E-state index is 12.7. The molecule has 3 rings (SSSR count). The van der Waals surface area contributed by atoms with Crippen molar-refractivity contribution in [2.24, 2.45) is 0 Å². The summed E-state index contributed by atoms with van der Waals surface area (Å²) < 4.78 is 4.95. The van der Waals surface area contributed by atoms with Gasteiger partial charge in [0.2, 0.25) is 11.8 Å². The van der Waals surface area contributed by atoms with Crippen LogP contribution in [0.5, 0.6) is 0 Å². The minimum absolute atomic E-state index is 0.215. The van der Waals surface area contributed by atoms with Gasteiger partial charge < -0.3 is 9.64 Å². The van der Waals surface area contributed by atoms with Crippen LogP contribution in [0.15, 0.2) is 18.2 Å². The van der Waals surface area contributed by atoms with Gasteiger partial charge in [0, 0.05) is 24.2 Å². The molecule has 1 aromatic rings. The molecule has 4 amide bonds. The maximum Gasteiger partial charge on any atom is 0.411 e. The Morgan fingerprint density at radius 1 is 1.36 bits per heavy atom. The molecule has 0 aromatic heterocycles. The van der Waals surface area contributed by atoms with E-state index in [1.807, 2.05) is 6.92 Å². The molecule has 8 heteroatoms. The van der Waals surface area contributed by atoms with Crippen LogP contribution < -0.4 is 10.6 Å². The Hall–Kier alpha value is -2.90. The molecule has 1 unspecified atom stereocenters. The fourth-order valence-corrected chi connectivity index (χ4v) is 2.98. The zero-order chi connectivity index (χ0) is 18.0. The van der Waals surface area contributed by atoms with Gasteiger partial charge in [-0.3, -0.25) is 25.0 Å². The summed E-state index contributed by atoms with van der Waals surface area (Å²) in [5.74, 6) is -1.04. The van der Waals surface area contributed by atoms with E-state index in [1.54, 1.807) is 18.2 Å². The zero-order valence-corrected chi connectivity index (χ0v) is 13.8. The number of nitrogens with one attached hydrogen (secondary N) is 2. The molecular weight excluding hydrogens is 326 g/mol. The number of fused-ring (bicyclic) bond motifs is 1. The summed E-state index contributed by atoms with van der Waals surface area (Å²) in [6.45, 7) is 2.52. The van der Waals surface area contributed by atoms with Crippen molar-refractivity contribution in [3.8, 4) is 0 Å². The van der Waals surface area contributed by atoms with Crippen molar-refractivity contribution in [2.75, 3.05) is 11.9 Å². The van der Waals surface area contributed by atoms with Crippen LogP contribution in [0.1, 0.15) is 42.1 Å². The topological polar surface area (TPSA) is 105 Å². The fraction of sp³-hybridized carbons (Fsp3) is 0.412. The summed E-state index contributed by atoms with van der Waals surface area (Å²) in [5, 5.41) is 4.85. The van der Waals surface area contributed by atoms with E-state index in [2.05, 4.69) is 10.6 Å². The van der Waals surface area contributed by atoms with Crippen molar-refractivity contribution in [1.29, 1.82) is 0 Å². The van der Waals surface area contributed by atoms with E-state index in [0.29, 0.717) is 30.8 Å². The standard InChI is InChI=1S/C17H19N3O5/c1-2-7-25-17(24)18-11-4-3-10-9-20(16(23)12(10)8-11)13-5-6-14(21)19-15(13)22/h3-4,8,13H,2,5-7,9H2,1H3,(H,18,24)(H,19,21,22). The monoisotopic (exact) mass is 345 g/mol. The van der Waals surface area contributed by atoms with Gasteiger partial charge in [-0.05, 0) is 30.5 Å². The highest BCUT2D eigenvalue weighted by Gasteiger charge is 2.39. The van der Waals surface area contributed by atoms with Gasteiger partial charge in [0.05, 0.1) is 6.61 Å². The van der Waals surface area contributed by atoms with Crippen LogP contribution in [0.25, 0.3) is 0 Å². The molecule has 1 fully saturated rings. The van der Waals surface area contributed by atoms with Gasteiger partial charge in [-0.1, -0.05) is 13.0 Å².